The number of aliphatic imine (C=N–C) groups is 1. The fourth-order valence-corrected chi connectivity index (χ4v) is 11.1. The summed E-state index contributed by atoms with van der Waals surface area (Å²) in [5.41, 5.74) is 8.00. The number of aliphatic hydroxyl groups excluding tert-OH is 1. The van der Waals surface area contributed by atoms with Gasteiger partial charge in [0, 0.05) is 68.8 Å². The average molecular weight is 1200 g/mol. The third kappa shape index (κ3) is 14.4. The number of methoxy groups -OCH3 is 2. The van der Waals surface area contributed by atoms with E-state index in [1.54, 1.807) is 60.6 Å². The number of anilines is 2. The van der Waals surface area contributed by atoms with Crippen molar-refractivity contribution >= 4 is 70.8 Å². The number of primary amides is 1. The summed E-state index contributed by atoms with van der Waals surface area (Å²) >= 11 is 0. The number of unbranched alkanes of at least 4 members (excludes halogenated alkanes) is 4. The van der Waals surface area contributed by atoms with Gasteiger partial charge in [-0.1, -0.05) is 48.1 Å². The number of nitrogens with two attached hydrogens (primary N) is 1. The first-order valence-electron chi connectivity index (χ1n) is 28.8. The molecule has 460 valence electrons. The molecule has 2 fully saturated rings. The molecule has 26 nitrogen and oxygen atoms in total. The number of carbonyl (C=O) groups excluding carboxylic acids is 8. The first kappa shape index (κ1) is 62.0. The van der Waals surface area contributed by atoms with Crippen LogP contribution in [0.25, 0.3) is 0 Å². The van der Waals surface area contributed by atoms with Crippen LogP contribution in [0.15, 0.2) is 96.2 Å². The van der Waals surface area contributed by atoms with Gasteiger partial charge in [-0.2, -0.15) is 0 Å². The van der Waals surface area contributed by atoms with E-state index < -0.39 is 41.7 Å². The third-order valence-electron chi connectivity index (χ3n) is 15.7. The van der Waals surface area contributed by atoms with Gasteiger partial charge in [-0.15, -0.1) is 5.10 Å². The van der Waals surface area contributed by atoms with Gasteiger partial charge in [0.25, 0.3) is 23.6 Å². The molecule has 9 amide bonds. The number of imide groups is 1. The second kappa shape index (κ2) is 27.6. The minimum Gasteiger partial charge on any atom is -0.493 e. The standard InChI is InChI=1S/C61H72N12O14/c1-37-25-42-32-64-45-28-50(48(83-4)26-43(45)56(78)70(42)33-37)85-23-10-7-11-24-86-51-29-47-44(27-49(51)84-5)57(79)71-34-38(2)30-61(71,3)58(80)73(47)60(82)87-36-39-15-17-40(18-16-39)66-55(77)46(13-12-21-63-59(62)81)72-35-41(67-68-72)31-65-52(74)14-8-6-9-22-69-53(75)19-20-54(69)76/h15-20,26-29,32,35,42,46,58,80H,1-2,6-14,21-25,30-31,33-34,36H2,3-5H3,(H,65,74)(H,66,77)(H3,62,63,81)/t42?,46-,58-,61-/m0/s1. The average Bonchev–Trinajstić information content (AvgIpc) is 1.62. The monoisotopic (exact) mass is 1200 g/mol. The Labute approximate surface area is 502 Å². The Hall–Kier alpha value is -9.59. The van der Waals surface area contributed by atoms with Gasteiger partial charge in [0.05, 0.1) is 74.3 Å². The first-order valence-corrected chi connectivity index (χ1v) is 28.8. The molecule has 1 unspecified atom stereocenters. The molecule has 0 bridgehead atoms. The summed E-state index contributed by atoms with van der Waals surface area (Å²) in [4.78, 5) is 114. The summed E-state index contributed by atoms with van der Waals surface area (Å²) in [6.45, 7) is 11.3. The second-order valence-corrected chi connectivity index (χ2v) is 22.1. The number of nitrogens with zero attached hydrogens (tertiary/aromatic N) is 8. The Morgan fingerprint density at radius 3 is 2.21 bits per heavy atom. The number of fused-ring (bicyclic) bond motifs is 4. The Morgan fingerprint density at radius 2 is 1.51 bits per heavy atom. The van der Waals surface area contributed by atoms with Crippen molar-refractivity contribution < 1.29 is 67.1 Å². The topological polar surface area (TPSA) is 321 Å². The molecule has 0 spiro atoms. The van der Waals surface area contributed by atoms with E-state index in [0.717, 1.165) is 15.4 Å². The maximum absolute atomic E-state index is 14.4. The van der Waals surface area contributed by atoms with Crippen molar-refractivity contribution in [1.29, 1.82) is 0 Å². The van der Waals surface area contributed by atoms with Gasteiger partial charge < -0.3 is 60.3 Å². The van der Waals surface area contributed by atoms with E-state index in [0.29, 0.717) is 110 Å². The zero-order valence-corrected chi connectivity index (χ0v) is 48.9. The molecule has 0 radical (unpaired) electrons. The number of aliphatic hydroxyl groups is 1. The Morgan fingerprint density at radius 1 is 0.816 bits per heavy atom. The van der Waals surface area contributed by atoms with Crippen molar-refractivity contribution in [3.63, 3.8) is 0 Å². The fourth-order valence-electron chi connectivity index (χ4n) is 11.1. The number of urea groups is 1. The zero-order chi connectivity index (χ0) is 61.9. The highest BCUT2D eigenvalue weighted by Gasteiger charge is 2.54. The van der Waals surface area contributed by atoms with Crippen molar-refractivity contribution in [1.82, 2.24) is 40.3 Å². The third-order valence-corrected chi connectivity index (χ3v) is 15.7. The van der Waals surface area contributed by atoms with Gasteiger partial charge in [-0.3, -0.25) is 38.7 Å². The molecule has 26 heteroatoms. The van der Waals surface area contributed by atoms with Gasteiger partial charge >= 0.3 is 12.1 Å². The van der Waals surface area contributed by atoms with Gasteiger partial charge in [-0.25, -0.2) is 19.2 Å². The second-order valence-electron chi connectivity index (χ2n) is 22.1. The van der Waals surface area contributed by atoms with Crippen molar-refractivity contribution in [2.75, 3.05) is 63.8 Å². The lowest BCUT2D eigenvalue weighted by Crippen LogP contribution is -2.59. The highest BCUT2D eigenvalue weighted by Crippen LogP contribution is 2.46. The smallest absolute Gasteiger partial charge is 0.416 e. The molecule has 0 aliphatic carbocycles. The number of ether oxygens (including phenoxy) is 5. The van der Waals surface area contributed by atoms with E-state index in [-0.39, 0.29) is 111 Å². The quantitative estimate of drug-likeness (QED) is 0.0269. The van der Waals surface area contributed by atoms with Gasteiger partial charge in [0.2, 0.25) is 11.8 Å². The number of hydrogen-bond donors (Lipinski definition) is 5. The van der Waals surface area contributed by atoms with Gasteiger partial charge in [0.15, 0.2) is 29.2 Å². The maximum atomic E-state index is 14.4. The lowest BCUT2D eigenvalue weighted by molar-refractivity contribution is -0.137. The predicted molar refractivity (Wildman–Crippen MR) is 317 cm³/mol. The maximum Gasteiger partial charge on any atom is 0.416 e. The van der Waals surface area contributed by atoms with Crippen LogP contribution in [0.3, 0.4) is 0 Å². The number of nitrogens with one attached hydrogen (secondary N) is 3. The zero-order valence-electron chi connectivity index (χ0n) is 48.9. The fraction of sp³-hybridized carbons (Fsp3) is 0.426. The minimum atomic E-state index is -1.59. The molecular formula is C61H72N12O14. The molecule has 4 aromatic rings. The molecule has 9 rings (SSSR count). The Kier molecular flexibility index (Phi) is 19.7. The largest absolute Gasteiger partial charge is 0.493 e. The van der Waals surface area contributed by atoms with Crippen molar-refractivity contribution in [3.8, 4) is 23.0 Å². The molecule has 6 N–H and O–H groups in total. The van der Waals surface area contributed by atoms with Crippen LogP contribution in [0.4, 0.5) is 26.7 Å². The predicted octanol–water partition coefficient (Wildman–Crippen LogP) is 5.78. The minimum absolute atomic E-state index is 0.0409. The number of carbonyl (C=O) groups is 8. The van der Waals surface area contributed by atoms with E-state index in [1.165, 1.54) is 48.1 Å². The highest BCUT2D eigenvalue weighted by atomic mass is 16.6. The van der Waals surface area contributed by atoms with E-state index in [9.17, 15) is 43.5 Å². The van der Waals surface area contributed by atoms with Crippen LogP contribution in [0.1, 0.15) is 116 Å². The van der Waals surface area contributed by atoms with Gasteiger partial charge in [-0.05, 0) is 94.5 Å². The number of rotatable bonds is 27. The molecule has 0 saturated carbocycles. The Balaban J connectivity index is 0.800. The van der Waals surface area contributed by atoms with Crippen molar-refractivity contribution in [2.24, 2.45) is 10.7 Å². The molecule has 2 saturated heterocycles. The summed E-state index contributed by atoms with van der Waals surface area (Å²) < 4.78 is 31.0. The van der Waals surface area contributed by atoms with Crippen LogP contribution in [0.5, 0.6) is 23.0 Å². The molecule has 1 aromatic heterocycles. The summed E-state index contributed by atoms with van der Waals surface area (Å²) in [5.74, 6) is -0.641. The molecule has 5 aliphatic heterocycles. The first-order chi connectivity index (χ1) is 41.8. The van der Waals surface area contributed by atoms with Crippen molar-refractivity contribution in [3.05, 3.63) is 114 Å². The molecule has 87 heavy (non-hydrogen) atoms. The molecule has 3 aromatic carbocycles. The normalized spacial score (nSPS) is 18.8. The molecular weight excluding hydrogens is 1120 g/mol. The Bertz CT molecular complexity index is 3380. The lowest BCUT2D eigenvalue weighted by Gasteiger charge is -2.40. The number of hydrogen-bond acceptors (Lipinski definition) is 17. The van der Waals surface area contributed by atoms with Crippen LogP contribution < -0.4 is 45.5 Å². The van der Waals surface area contributed by atoms with Crippen LogP contribution in [0.2, 0.25) is 0 Å². The highest BCUT2D eigenvalue weighted by molar-refractivity contribution is 6.13. The summed E-state index contributed by atoms with van der Waals surface area (Å²) in [7, 11) is 2.95. The number of amides is 9. The van der Waals surface area contributed by atoms with Gasteiger partial charge in [0.1, 0.15) is 18.3 Å². The van der Waals surface area contributed by atoms with E-state index in [4.69, 9.17) is 29.4 Å². The lowest BCUT2D eigenvalue weighted by atomic mass is 9.94. The number of benzene rings is 3. The van der Waals surface area contributed by atoms with E-state index in [1.807, 2.05) is 0 Å². The molecule has 6 heterocycles. The van der Waals surface area contributed by atoms with E-state index in [2.05, 4.69) is 44.4 Å². The van der Waals surface area contributed by atoms with Crippen LogP contribution in [-0.4, -0.2) is 160 Å². The van der Waals surface area contributed by atoms with Crippen LogP contribution in [0, 0.1) is 0 Å². The molecule has 5 aliphatic rings. The van der Waals surface area contributed by atoms with Crippen LogP contribution in [-0.2, 0) is 37.1 Å². The van der Waals surface area contributed by atoms with Crippen LogP contribution >= 0.6 is 0 Å². The summed E-state index contributed by atoms with van der Waals surface area (Å²) in [5, 5.41) is 28.7. The SMILES string of the molecule is C=C1CC2C=Nc3cc(OCCCCCOc4cc5c(cc4OC)C(=O)N4CC(=C)C[C@@]4(C)[C@H](O)N5C(=O)OCc4ccc(NC(=O)[C@H](CCCNC(N)=O)n5cc(CNC(=O)CCCCCN6C(=O)C=CC6=O)nn5)cc4)c(OC)cc3C(=O)N2C1. The number of aromatic nitrogens is 3. The van der Waals surface area contributed by atoms with E-state index >= 15 is 0 Å². The summed E-state index contributed by atoms with van der Waals surface area (Å²) in [6.07, 6.45) is 8.53. The molecule has 4 atom stereocenters. The van der Waals surface area contributed by atoms with Crippen molar-refractivity contribution in [2.45, 2.75) is 115 Å². The summed E-state index contributed by atoms with van der Waals surface area (Å²) in [6, 6.07) is 11.1.